The molecule has 1 unspecified atom stereocenters. The van der Waals surface area contributed by atoms with Crippen LogP contribution in [0.25, 0.3) is 16.9 Å². The van der Waals surface area contributed by atoms with Crippen molar-refractivity contribution in [2.75, 3.05) is 11.9 Å². The zero-order chi connectivity index (χ0) is 22.0. The number of azo groups is 1. The number of anilines is 1. The van der Waals surface area contributed by atoms with Crippen LogP contribution in [-0.2, 0) is 4.79 Å². The van der Waals surface area contributed by atoms with E-state index in [0.29, 0.717) is 16.9 Å². The van der Waals surface area contributed by atoms with Crippen molar-refractivity contribution in [3.05, 3.63) is 66.5 Å². The second kappa shape index (κ2) is 8.01. The second-order valence-electron chi connectivity index (χ2n) is 6.69. The largest absolute Gasteiger partial charge is 0.405 e. The summed E-state index contributed by atoms with van der Waals surface area (Å²) in [7, 11) is 0. The number of halogens is 3. The summed E-state index contributed by atoms with van der Waals surface area (Å²) < 4.78 is 38.5. The number of urea groups is 1. The van der Waals surface area contributed by atoms with Gasteiger partial charge in [0.05, 0.1) is 11.9 Å². The highest BCUT2D eigenvalue weighted by atomic mass is 19.4. The first-order valence-corrected chi connectivity index (χ1v) is 9.10. The molecule has 0 radical (unpaired) electrons. The Morgan fingerprint density at radius 1 is 1.19 bits per heavy atom. The number of nitrogens with zero attached hydrogens (tertiary/aromatic N) is 4. The predicted octanol–water partition coefficient (Wildman–Crippen LogP) is 4.27. The molecule has 3 amide bonds. The lowest BCUT2D eigenvalue weighted by Crippen LogP contribution is -2.36. The molecule has 158 valence electrons. The highest BCUT2D eigenvalue weighted by Crippen LogP contribution is 2.27. The Labute approximate surface area is 173 Å². The van der Waals surface area contributed by atoms with Crippen LogP contribution in [-0.4, -0.2) is 34.0 Å². The molecular formula is C20H15F3N6O2. The van der Waals surface area contributed by atoms with Gasteiger partial charge < -0.3 is 10.6 Å². The molecule has 2 N–H and O–H groups in total. The first kappa shape index (κ1) is 20.3. The minimum atomic E-state index is -4.49. The van der Waals surface area contributed by atoms with E-state index in [9.17, 15) is 22.8 Å². The average Bonchev–Trinajstić information content (AvgIpc) is 3.16. The number of hydrogen-bond donors (Lipinski definition) is 2. The molecule has 4 rings (SSSR count). The van der Waals surface area contributed by atoms with E-state index in [2.05, 4.69) is 20.5 Å². The molecule has 3 heterocycles. The fourth-order valence-electron chi connectivity index (χ4n) is 3.05. The van der Waals surface area contributed by atoms with E-state index >= 15 is 0 Å². The number of fused-ring (bicyclic) bond motifs is 1. The number of rotatable bonds is 4. The van der Waals surface area contributed by atoms with Gasteiger partial charge in [-0.1, -0.05) is 12.1 Å². The quantitative estimate of drug-likeness (QED) is 0.649. The molecule has 2 aromatic heterocycles. The van der Waals surface area contributed by atoms with Crippen molar-refractivity contribution in [2.45, 2.75) is 12.2 Å². The van der Waals surface area contributed by atoms with Crippen LogP contribution in [0, 0.1) is 0 Å². The standard InChI is InChI=1S/C20H15F3N6O2/c21-20(22,23)11-25-19(31)26-14-3-1-2-13(8-14)16-10-24-17-9-12(6-7-29(16)17)15-4-5-18(30)28-27-15/h1-10,15H,11H2,(H2,25,26,31). The summed E-state index contributed by atoms with van der Waals surface area (Å²) in [5, 5.41) is 11.6. The Morgan fingerprint density at radius 3 is 2.77 bits per heavy atom. The summed E-state index contributed by atoms with van der Waals surface area (Å²) in [6, 6.07) is 8.99. The minimum Gasteiger partial charge on any atom is -0.329 e. The number of benzene rings is 1. The molecule has 0 saturated heterocycles. The smallest absolute Gasteiger partial charge is 0.329 e. The number of carbonyl (C=O) groups excluding carboxylic acids is 2. The van der Waals surface area contributed by atoms with Crippen molar-refractivity contribution >= 4 is 23.3 Å². The van der Waals surface area contributed by atoms with Crippen LogP contribution in [0.1, 0.15) is 11.6 Å². The first-order valence-electron chi connectivity index (χ1n) is 9.10. The second-order valence-corrected chi connectivity index (χ2v) is 6.69. The summed E-state index contributed by atoms with van der Waals surface area (Å²) in [6.45, 7) is -1.42. The van der Waals surface area contributed by atoms with E-state index in [0.717, 1.165) is 11.3 Å². The van der Waals surface area contributed by atoms with Crippen LogP contribution in [0.5, 0.6) is 0 Å². The molecule has 1 aliphatic heterocycles. The van der Waals surface area contributed by atoms with E-state index in [4.69, 9.17) is 0 Å². The average molecular weight is 428 g/mol. The maximum Gasteiger partial charge on any atom is 0.405 e. The molecule has 0 aliphatic carbocycles. The topological polar surface area (TPSA) is 100 Å². The lowest BCUT2D eigenvalue weighted by Gasteiger charge is -2.11. The summed E-state index contributed by atoms with van der Waals surface area (Å²) in [6.07, 6.45) is 1.97. The normalized spacial score (nSPS) is 16.0. The van der Waals surface area contributed by atoms with Gasteiger partial charge in [0.25, 0.3) is 5.91 Å². The zero-order valence-corrected chi connectivity index (χ0v) is 15.8. The van der Waals surface area contributed by atoms with Crippen LogP contribution in [0.4, 0.5) is 23.7 Å². The van der Waals surface area contributed by atoms with E-state index in [-0.39, 0.29) is 6.04 Å². The van der Waals surface area contributed by atoms with Gasteiger partial charge in [-0.2, -0.15) is 18.3 Å². The van der Waals surface area contributed by atoms with Gasteiger partial charge in [-0.3, -0.25) is 9.20 Å². The van der Waals surface area contributed by atoms with E-state index < -0.39 is 24.7 Å². The number of nitrogens with one attached hydrogen (secondary N) is 2. The van der Waals surface area contributed by atoms with Gasteiger partial charge in [0.15, 0.2) is 0 Å². The molecule has 0 spiro atoms. The van der Waals surface area contributed by atoms with Crippen molar-refractivity contribution in [1.29, 1.82) is 0 Å². The molecule has 0 bridgehead atoms. The van der Waals surface area contributed by atoms with Gasteiger partial charge in [0, 0.05) is 23.5 Å². The summed E-state index contributed by atoms with van der Waals surface area (Å²) in [5.41, 5.74) is 3.21. The summed E-state index contributed by atoms with van der Waals surface area (Å²) in [4.78, 5) is 27.2. The van der Waals surface area contributed by atoms with Gasteiger partial charge in [0.1, 0.15) is 18.2 Å². The number of pyridine rings is 1. The maximum absolute atomic E-state index is 12.2. The molecule has 3 aromatic rings. The van der Waals surface area contributed by atoms with Gasteiger partial charge in [-0.05, 0) is 35.9 Å². The third kappa shape index (κ3) is 4.77. The third-order valence-corrected chi connectivity index (χ3v) is 4.45. The van der Waals surface area contributed by atoms with Crippen molar-refractivity contribution < 1.29 is 22.8 Å². The van der Waals surface area contributed by atoms with Crippen LogP contribution >= 0.6 is 0 Å². The highest BCUT2D eigenvalue weighted by molar-refractivity contribution is 5.90. The Balaban J connectivity index is 1.54. The maximum atomic E-state index is 12.2. The lowest BCUT2D eigenvalue weighted by atomic mass is 10.1. The fourth-order valence-corrected chi connectivity index (χ4v) is 3.05. The molecule has 1 atom stereocenters. The van der Waals surface area contributed by atoms with Crippen LogP contribution in [0.2, 0.25) is 0 Å². The van der Waals surface area contributed by atoms with Gasteiger partial charge in [0.2, 0.25) is 0 Å². The van der Waals surface area contributed by atoms with E-state index in [1.807, 2.05) is 16.5 Å². The van der Waals surface area contributed by atoms with Crippen molar-refractivity contribution in [3.8, 4) is 11.3 Å². The van der Waals surface area contributed by atoms with Crippen LogP contribution in [0.3, 0.4) is 0 Å². The number of amides is 3. The van der Waals surface area contributed by atoms with Crippen molar-refractivity contribution in [1.82, 2.24) is 14.7 Å². The van der Waals surface area contributed by atoms with Crippen molar-refractivity contribution in [2.24, 2.45) is 10.2 Å². The Bertz CT molecular complexity index is 1200. The Morgan fingerprint density at radius 2 is 2.03 bits per heavy atom. The lowest BCUT2D eigenvalue weighted by molar-refractivity contribution is -0.122. The highest BCUT2D eigenvalue weighted by Gasteiger charge is 2.27. The summed E-state index contributed by atoms with van der Waals surface area (Å²) in [5.74, 6) is -0.402. The van der Waals surface area contributed by atoms with Crippen LogP contribution < -0.4 is 10.6 Å². The number of carbonyl (C=O) groups is 2. The Hall–Kier alpha value is -4.02. The van der Waals surface area contributed by atoms with Gasteiger partial charge in [-0.15, -0.1) is 5.11 Å². The van der Waals surface area contributed by atoms with Gasteiger partial charge in [-0.25, -0.2) is 9.78 Å². The zero-order valence-electron chi connectivity index (χ0n) is 15.8. The van der Waals surface area contributed by atoms with Gasteiger partial charge >= 0.3 is 12.2 Å². The number of hydrogen-bond acceptors (Lipinski definition) is 4. The summed E-state index contributed by atoms with van der Waals surface area (Å²) >= 11 is 0. The molecule has 8 nitrogen and oxygen atoms in total. The monoisotopic (exact) mass is 428 g/mol. The molecule has 1 aromatic carbocycles. The third-order valence-electron chi connectivity index (χ3n) is 4.45. The number of aromatic nitrogens is 2. The molecule has 31 heavy (non-hydrogen) atoms. The van der Waals surface area contributed by atoms with E-state index in [1.54, 1.807) is 48.1 Å². The molecule has 11 heteroatoms. The molecule has 0 fully saturated rings. The number of alkyl halides is 3. The van der Waals surface area contributed by atoms with Crippen molar-refractivity contribution in [3.63, 3.8) is 0 Å². The first-order chi connectivity index (χ1) is 14.8. The SMILES string of the molecule is O=C1C=CC(c2ccn3c(-c4cccc(NC(=O)NCC(F)(F)F)c4)cnc3c2)N=N1. The molecule has 1 aliphatic rings. The van der Waals surface area contributed by atoms with Crippen LogP contribution in [0.15, 0.2) is 71.2 Å². The van der Waals surface area contributed by atoms with E-state index in [1.165, 1.54) is 6.08 Å². The predicted molar refractivity (Wildman–Crippen MR) is 105 cm³/mol. The molecule has 0 saturated carbocycles. The molecular weight excluding hydrogens is 413 g/mol. The fraction of sp³-hybridized carbons (Fsp3) is 0.150. The Kier molecular flexibility index (Phi) is 5.24. The minimum absolute atomic E-state index is 0.334. The number of imidazole rings is 1.